The Hall–Kier alpha value is -3.29. The van der Waals surface area contributed by atoms with Crippen molar-refractivity contribution >= 4 is 17.8 Å². The van der Waals surface area contributed by atoms with E-state index in [1.54, 1.807) is 6.07 Å². The summed E-state index contributed by atoms with van der Waals surface area (Å²) in [4.78, 5) is 37.8. The van der Waals surface area contributed by atoms with E-state index in [1.165, 1.54) is 49.4 Å². The zero-order valence-corrected chi connectivity index (χ0v) is 14.5. The maximum atomic E-state index is 13.6. The summed E-state index contributed by atoms with van der Waals surface area (Å²) in [6, 6.07) is 10.4. The van der Waals surface area contributed by atoms with Gasteiger partial charge in [0.05, 0.1) is 0 Å². The molecule has 1 heterocycles. The van der Waals surface area contributed by atoms with Crippen LogP contribution in [0.15, 0.2) is 48.5 Å². The molecule has 27 heavy (non-hydrogen) atoms. The molecule has 0 radical (unpaired) electrons. The van der Waals surface area contributed by atoms with Crippen LogP contribution in [-0.2, 0) is 21.7 Å². The molecule has 1 saturated heterocycles. The van der Waals surface area contributed by atoms with Crippen molar-refractivity contribution in [2.75, 3.05) is 6.54 Å². The molecule has 140 valence electrons. The van der Waals surface area contributed by atoms with Crippen LogP contribution in [0.3, 0.4) is 0 Å². The number of imide groups is 1. The van der Waals surface area contributed by atoms with Crippen LogP contribution in [0.1, 0.15) is 18.1 Å². The van der Waals surface area contributed by atoms with Gasteiger partial charge in [-0.3, -0.25) is 14.5 Å². The predicted molar refractivity (Wildman–Crippen MR) is 92.2 cm³/mol. The van der Waals surface area contributed by atoms with Gasteiger partial charge in [0, 0.05) is 12.1 Å². The highest BCUT2D eigenvalue weighted by Gasteiger charge is 2.49. The van der Waals surface area contributed by atoms with E-state index in [-0.39, 0.29) is 6.54 Å². The lowest BCUT2D eigenvalue weighted by Crippen LogP contribution is -2.43. The molecule has 0 saturated carbocycles. The van der Waals surface area contributed by atoms with Gasteiger partial charge >= 0.3 is 6.03 Å². The van der Waals surface area contributed by atoms with Crippen LogP contribution in [-0.4, -0.2) is 29.3 Å². The topological polar surface area (TPSA) is 78.5 Å². The zero-order chi connectivity index (χ0) is 19.6. The maximum absolute atomic E-state index is 13.6. The van der Waals surface area contributed by atoms with Crippen molar-refractivity contribution in [1.82, 2.24) is 15.5 Å². The fourth-order valence-electron chi connectivity index (χ4n) is 2.85. The summed E-state index contributed by atoms with van der Waals surface area (Å²) in [6.45, 7) is 0.915. The average Bonchev–Trinajstić information content (AvgIpc) is 2.85. The SMILES string of the molecule is CC1(c2ccc(F)cc2)NC(=O)N(CC(=O)NCc2ccccc2F)C1=O. The second kappa shape index (κ2) is 7.14. The van der Waals surface area contributed by atoms with Crippen LogP contribution in [0.5, 0.6) is 0 Å². The standard InChI is InChI=1S/C19H17F2N3O3/c1-19(13-6-8-14(20)9-7-13)17(26)24(18(27)23-19)11-16(25)22-10-12-4-2-3-5-15(12)21/h2-9H,10-11H2,1H3,(H,22,25)(H,23,27). The van der Waals surface area contributed by atoms with Crippen molar-refractivity contribution in [2.45, 2.75) is 19.0 Å². The van der Waals surface area contributed by atoms with E-state index in [1.807, 2.05) is 0 Å². The molecule has 1 unspecified atom stereocenters. The number of carbonyl (C=O) groups excluding carboxylic acids is 3. The molecule has 1 aliphatic rings. The summed E-state index contributed by atoms with van der Waals surface area (Å²) < 4.78 is 26.7. The minimum absolute atomic E-state index is 0.0651. The van der Waals surface area contributed by atoms with Crippen LogP contribution in [0, 0.1) is 11.6 Å². The summed E-state index contributed by atoms with van der Waals surface area (Å²) >= 11 is 0. The summed E-state index contributed by atoms with van der Waals surface area (Å²) in [5.41, 5.74) is -0.702. The molecule has 0 aromatic heterocycles. The van der Waals surface area contributed by atoms with Crippen molar-refractivity contribution in [3.63, 3.8) is 0 Å². The number of benzene rings is 2. The first-order chi connectivity index (χ1) is 12.8. The van der Waals surface area contributed by atoms with Gasteiger partial charge in [0.1, 0.15) is 23.7 Å². The van der Waals surface area contributed by atoms with E-state index in [4.69, 9.17) is 0 Å². The summed E-state index contributed by atoms with van der Waals surface area (Å²) in [6.07, 6.45) is 0. The van der Waals surface area contributed by atoms with E-state index < -0.39 is 41.6 Å². The Morgan fingerprint density at radius 2 is 1.78 bits per heavy atom. The highest BCUT2D eigenvalue weighted by atomic mass is 19.1. The van der Waals surface area contributed by atoms with Gasteiger partial charge < -0.3 is 10.6 Å². The molecule has 6 nitrogen and oxygen atoms in total. The Morgan fingerprint density at radius 3 is 2.44 bits per heavy atom. The van der Waals surface area contributed by atoms with Crippen LogP contribution in [0.2, 0.25) is 0 Å². The van der Waals surface area contributed by atoms with E-state index in [0.717, 1.165) is 4.90 Å². The molecule has 0 bridgehead atoms. The second-order valence-corrected chi connectivity index (χ2v) is 6.32. The zero-order valence-electron chi connectivity index (χ0n) is 14.5. The Morgan fingerprint density at radius 1 is 1.11 bits per heavy atom. The molecule has 0 aliphatic carbocycles. The lowest BCUT2D eigenvalue weighted by Gasteiger charge is -2.22. The summed E-state index contributed by atoms with van der Waals surface area (Å²) in [7, 11) is 0. The van der Waals surface area contributed by atoms with E-state index >= 15 is 0 Å². The fraction of sp³-hybridized carbons (Fsp3) is 0.211. The first-order valence-corrected chi connectivity index (χ1v) is 8.21. The number of rotatable bonds is 5. The molecule has 1 fully saturated rings. The molecule has 2 aromatic carbocycles. The Bertz CT molecular complexity index is 901. The van der Waals surface area contributed by atoms with E-state index in [2.05, 4.69) is 10.6 Å². The monoisotopic (exact) mass is 373 g/mol. The first kappa shape index (κ1) is 18.5. The molecule has 2 aromatic rings. The Kier molecular flexibility index (Phi) is 4.89. The molecule has 8 heteroatoms. The van der Waals surface area contributed by atoms with E-state index in [0.29, 0.717) is 11.1 Å². The van der Waals surface area contributed by atoms with Crippen molar-refractivity contribution in [1.29, 1.82) is 0 Å². The summed E-state index contributed by atoms with van der Waals surface area (Å²) in [5.74, 6) is -2.16. The second-order valence-electron chi connectivity index (χ2n) is 6.32. The minimum Gasteiger partial charge on any atom is -0.350 e. The smallest absolute Gasteiger partial charge is 0.325 e. The number of amides is 4. The van der Waals surface area contributed by atoms with Gasteiger partial charge in [0.15, 0.2) is 0 Å². The number of nitrogens with zero attached hydrogens (tertiary/aromatic N) is 1. The van der Waals surface area contributed by atoms with Gasteiger partial charge in [0.25, 0.3) is 5.91 Å². The lowest BCUT2D eigenvalue weighted by atomic mass is 9.92. The third-order valence-corrected chi connectivity index (χ3v) is 4.43. The van der Waals surface area contributed by atoms with Gasteiger partial charge in [0.2, 0.25) is 5.91 Å². The van der Waals surface area contributed by atoms with Crippen molar-refractivity contribution in [3.8, 4) is 0 Å². The normalized spacial score (nSPS) is 19.1. The Labute approximate surface area is 154 Å². The van der Waals surface area contributed by atoms with Gasteiger partial charge in [-0.25, -0.2) is 13.6 Å². The molecule has 3 rings (SSSR count). The van der Waals surface area contributed by atoms with Crippen LogP contribution >= 0.6 is 0 Å². The van der Waals surface area contributed by atoms with E-state index in [9.17, 15) is 23.2 Å². The summed E-state index contributed by atoms with van der Waals surface area (Å²) in [5, 5.41) is 5.01. The van der Waals surface area contributed by atoms with Crippen LogP contribution in [0.25, 0.3) is 0 Å². The minimum atomic E-state index is -1.39. The number of hydrogen-bond acceptors (Lipinski definition) is 3. The number of nitrogens with one attached hydrogen (secondary N) is 2. The molecular weight excluding hydrogens is 356 g/mol. The fourth-order valence-corrected chi connectivity index (χ4v) is 2.85. The average molecular weight is 373 g/mol. The number of carbonyl (C=O) groups is 3. The van der Waals surface area contributed by atoms with Crippen LogP contribution < -0.4 is 10.6 Å². The van der Waals surface area contributed by atoms with Crippen molar-refractivity contribution in [2.24, 2.45) is 0 Å². The van der Waals surface area contributed by atoms with Crippen molar-refractivity contribution in [3.05, 3.63) is 71.3 Å². The van der Waals surface area contributed by atoms with Gasteiger partial charge in [-0.15, -0.1) is 0 Å². The Balaban J connectivity index is 1.67. The number of halogens is 2. The van der Waals surface area contributed by atoms with Crippen LogP contribution in [0.4, 0.5) is 13.6 Å². The molecule has 0 spiro atoms. The predicted octanol–water partition coefficient (Wildman–Crippen LogP) is 2.05. The molecule has 1 atom stereocenters. The van der Waals surface area contributed by atoms with Crippen molar-refractivity contribution < 1.29 is 23.2 Å². The molecule has 2 N–H and O–H groups in total. The lowest BCUT2D eigenvalue weighted by molar-refractivity contribution is -0.134. The van der Waals surface area contributed by atoms with Gasteiger partial charge in [-0.05, 0) is 30.7 Å². The quantitative estimate of drug-likeness (QED) is 0.788. The molecule has 1 aliphatic heterocycles. The number of urea groups is 1. The first-order valence-electron chi connectivity index (χ1n) is 8.21. The third kappa shape index (κ3) is 3.64. The molecular formula is C19H17F2N3O3. The van der Waals surface area contributed by atoms with Gasteiger partial charge in [-0.2, -0.15) is 0 Å². The highest BCUT2D eigenvalue weighted by molar-refractivity contribution is 6.09. The number of hydrogen-bond donors (Lipinski definition) is 2. The third-order valence-electron chi connectivity index (χ3n) is 4.43. The highest BCUT2D eigenvalue weighted by Crippen LogP contribution is 2.28. The van der Waals surface area contributed by atoms with Gasteiger partial charge in [-0.1, -0.05) is 30.3 Å². The largest absolute Gasteiger partial charge is 0.350 e. The maximum Gasteiger partial charge on any atom is 0.325 e. The molecule has 4 amide bonds.